The number of nitrogen functional groups attached to an aromatic ring is 1. The summed E-state index contributed by atoms with van der Waals surface area (Å²) in [4.78, 5) is 10.9. The van der Waals surface area contributed by atoms with E-state index in [4.69, 9.17) is 45.6 Å². The Balaban J connectivity index is 2.67. The molecule has 0 bridgehead atoms. The van der Waals surface area contributed by atoms with Crippen LogP contribution in [0.15, 0.2) is 18.3 Å². The van der Waals surface area contributed by atoms with Crippen LogP contribution in [0.1, 0.15) is 10.4 Å². The number of nitrogens with zero attached hydrogens (tertiary/aromatic N) is 2. The summed E-state index contributed by atoms with van der Waals surface area (Å²) in [6.45, 7) is 0. The lowest BCUT2D eigenvalue weighted by atomic mass is 10.3. The van der Waals surface area contributed by atoms with Crippen molar-refractivity contribution >= 4 is 46.6 Å². The highest BCUT2D eigenvalue weighted by atomic mass is 35.5. The predicted octanol–water partition coefficient (Wildman–Crippen LogP) is 3.11. The van der Waals surface area contributed by atoms with E-state index in [1.807, 2.05) is 0 Å². The van der Waals surface area contributed by atoms with Crippen LogP contribution in [0.2, 0.25) is 15.1 Å². The third-order valence-corrected chi connectivity index (χ3v) is 3.02. The van der Waals surface area contributed by atoms with E-state index >= 15 is 0 Å². The number of carboxylic acid groups (broad SMARTS) is 1. The molecular formula is C10H6Cl3N3O2. The lowest BCUT2D eigenvalue weighted by Gasteiger charge is -2.09. The van der Waals surface area contributed by atoms with Crippen LogP contribution in [0.4, 0.5) is 5.82 Å². The fourth-order valence-corrected chi connectivity index (χ4v) is 2.41. The maximum Gasteiger partial charge on any atom is 0.341 e. The molecule has 0 atom stereocenters. The van der Waals surface area contributed by atoms with Crippen LogP contribution >= 0.6 is 34.8 Å². The van der Waals surface area contributed by atoms with E-state index in [1.165, 1.54) is 12.1 Å². The number of nitrogens with two attached hydrogens (primary N) is 1. The number of hydrogen-bond donors (Lipinski definition) is 2. The highest BCUT2D eigenvalue weighted by molar-refractivity contribution is 6.40. The van der Waals surface area contributed by atoms with Crippen molar-refractivity contribution in [3.05, 3.63) is 39.0 Å². The van der Waals surface area contributed by atoms with Crippen LogP contribution in [-0.2, 0) is 0 Å². The summed E-state index contributed by atoms with van der Waals surface area (Å²) in [6.07, 6.45) is 1.12. The molecular weight excluding hydrogens is 300 g/mol. The number of aromatic carboxylic acids is 1. The van der Waals surface area contributed by atoms with E-state index in [-0.39, 0.29) is 27.1 Å². The third kappa shape index (κ3) is 2.12. The summed E-state index contributed by atoms with van der Waals surface area (Å²) in [7, 11) is 0. The lowest BCUT2D eigenvalue weighted by Crippen LogP contribution is -2.06. The first-order valence-electron chi connectivity index (χ1n) is 4.63. The van der Waals surface area contributed by atoms with E-state index in [0.29, 0.717) is 5.02 Å². The Morgan fingerprint density at radius 3 is 2.28 bits per heavy atom. The Bertz CT molecular complexity index is 616. The van der Waals surface area contributed by atoms with E-state index in [2.05, 4.69) is 5.10 Å². The van der Waals surface area contributed by atoms with Gasteiger partial charge < -0.3 is 10.8 Å². The fourth-order valence-electron chi connectivity index (χ4n) is 1.44. The summed E-state index contributed by atoms with van der Waals surface area (Å²) in [6, 6.07) is 2.93. The first-order chi connectivity index (χ1) is 8.41. The maximum atomic E-state index is 10.9. The molecule has 0 radical (unpaired) electrons. The molecule has 0 saturated carbocycles. The van der Waals surface area contributed by atoms with Gasteiger partial charge in [-0.25, -0.2) is 9.48 Å². The van der Waals surface area contributed by atoms with Gasteiger partial charge in [-0.15, -0.1) is 0 Å². The van der Waals surface area contributed by atoms with Gasteiger partial charge in [0.2, 0.25) is 0 Å². The van der Waals surface area contributed by atoms with Crippen LogP contribution in [-0.4, -0.2) is 20.9 Å². The van der Waals surface area contributed by atoms with E-state index in [1.54, 1.807) is 0 Å². The molecule has 0 amide bonds. The highest BCUT2D eigenvalue weighted by Gasteiger charge is 2.18. The number of aromatic nitrogens is 2. The number of benzene rings is 1. The van der Waals surface area contributed by atoms with E-state index < -0.39 is 5.97 Å². The lowest BCUT2D eigenvalue weighted by molar-refractivity contribution is 0.0698. The number of halogens is 3. The molecule has 0 spiro atoms. The molecule has 94 valence electrons. The van der Waals surface area contributed by atoms with Gasteiger partial charge in [0.05, 0.1) is 16.2 Å². The van der Waals surface area contributed by atoms with Gasteiger partial charge in [-0.1, -0.05) is 34.8 Å². The third-order valence-electron chi connectivity index (χ3n) is 2.23. The SMILES string of the molecule is Nc1c(C(=O)O)cnn1-c1c(Cl)cc(Cl)cc1Cl. The number of carbonyl (C=O) groups is 1. The summed E-state index contributed by atoms with van der Waals surface area (Å²) in [5.41, 5.74) is 5.84. The predicted molar refractivity (Wildman–Crippen MR) is 70.0 cm³/mol. The van der Waals surface area contributed by atoms with Crippen molar-refractivity contribution in [2.75, 3.05) is 5.73 Å². The number of carboxylic acids is 1. The van der Waals surface area contributed by atoms with Crippen LogP contribution < -0.4 is 5.73 Å². The van der Waals surface area contributed by atoms with Gasteiger partial charge in [0.25, 0.3) is 0 Å². The zero-order chi connectivity index (χ0) is 13.4. The molecule has 0 saturated heterocycles. The molecule has 1 aromatic carbocycles. The number of hydrogen-bond acceptors (Lipinski definition) is 3. The van der Waals surface area contributed by atoms with Gasteiger partial charge in [-0.2, -0.15) is 5.10 Å². The molecule has 0 unspecified atom stereocenters. The first-order valence-corrected chi connectivity index (χ1v) is 5.77. The Morgan fingerprint density at radius 2 is 1.83 bits per heavy atom. The highest BCUT2D eigenvalue weighted by Crippen LogP contribution is 2.33. The minimum absolute atomic E-state index is 0.0615. The second-order valence-electron chi connectivity index (χ2n) is 3.38. The molecule has 5 nitrogen and oxygen atoms in total. The Kier molecular flexibility index (Phi) is 3.38. The number of rotatable bonds is 2. The van der Waals surface area contributed by atoms with Crippen LogP contribution in [0.25, 0.3) is 5.69 Å². The van der Waals surface area contributed by atoms with Crippen LogP contribution in [0.3, 0.4) is 0 Å². The van der Waals surface area contributed by atoms with E-state index in [9.17, 15) is 4.79 Å². The maximum absolute atomic E-state index is 10.9. The average Bonchev–Trinajstić information content (AvgIpc) is 2.59. The van der Waals surface area contributed by atoms with Gasteiger partial charge in [0.1, 0.15) is 17.1 Å². The standard InChI is InChI=1S/C10H6Cl3N3O2/c11-4-1-6(12)8(7(13)2-4)16-9(14)5(3-15-16)10(17)18/h1-3H,14H2,(H,17,18). The zero-order valence-corrected chi connectivity index (χ0v) is 11.0. The second-order valence-corrected chi connectivity index (χ2v) is 4.63. The monoisotopic (exact) mass is 305 g/mol. The minimum atomic E-state index is -1.18. The second kappa shape index (κ2) is 4.68. The molecule has 0 aliphatic carbocycles. The van der Waals surface area contributed by atoms with Gasteiger partial charge in [0.15, 0.2) is 0 Å². The molecule has 2 aromatic rings. The average molecular weight is 307 g/mol. The molecule has 18 heavy (non-hydrogen) atoms. The molecule has 1 aromatic heterocycles. The Morgan fingerprint density at radius 1 is 1.28 bits per heavy atom. The van der Waals surface area contributed by atoms with Gasteiger partial charge in [0, 0.05) is 5.02 Å². The van der Waals surface area contributed by atoms with Crippen molar-refractivity contribution in [1.82, 2.24) is 9.78 Å². The summed E-state index contributed by atoms with van der Waals surface area (Å²) < 4.78 is 1.16. The molecule has 2 rings (SSSR count). The van der Waals surface area contributed by atoms with Crippen LogP contribution in [0.5, 0.6) is 0 Å². The largest absolute Gasteiger partial charge is 0.477 e. The van der Waals surface area contributed by atoms with E-state index in [0.717, 1.165) is 10.9 Å². The molecule has 0 fully saturated rings. The smallest absolute Gasteiger partial charge is 0.341 e. The van der Waals surface area contributed by atoms with Crippen molar-refractivity contribution < 1.29 is 9.90 Å². The van der Waals surface area contributed by atoms with Crippen molar-refractivity contribution in [2.45, 2.75) is 0 Å². The van der Waals surface area contributed by atoms with Crippen molar-refractivity contribution in [3.63, 3.8) is 0 Å². The quantitative estimate of drug-likeness (QED) is 0.893. The number of anilines is 1. The fraction of sp³-hybridized carbons (Fsp3) is 0. The van der Waals surface area contributed by atoms with Gasteiger partial charge >= 0.3 is 5.97 Å². The molecule has 8 heteroatoms. The minimum Gasteiger partial charge on any atom is -0.477 e. The molecule has 0 aliphatic rings. The Labute approximate surface area is 117 Å². The van der Waals surface area contributed by atoms with Crippen LogP contribution in [0, 0.1) is 0 Å². The Hall–Kier alpha value is -1.43. The topological polar surface area (TPSA) is 81.1 Å². The summed E-state index contributed by atoms with van der Waals surface area (Å²) in [5, 5.41) is 13.5. The summed E-state index contributed by atoms with van der Waals surface area (Å²) >= 11 is 17.8. The van der Waals surface area contributed by atoms with Gasteiger partial charge in [-0.05, 0) is 12.1 Å². The molecule has 3 N–H and O–H groups in total. The summed E-state index contributed by atoms with van der Waals surface area (Å²) in [5.74, 6) is -1.24. The normalized spacial score (nSPS) is 10.6. The van der Waals surface area contributed by atoms with Crippen molar-refractivity contribution in [1.29, 1.82) is 0 Å². The van der Waals surface area contributed by atoms with Crippen molar-refractivity contribution in [2.24, 2.45) is 0 Å². The molecule has 1 heterocycles. The van der Waals surface area contributed by atoms with Crippen molar-refractivity contribution in [3.8, 4) is 5.69 Å². The van der Waals surface area contributed by atoms with Gasteiger partial charge in [-0.3, -0.25) is 0 Å². The zero-order valence-electron chi connectivity index (χ0n) is 8.69. The molecule has 0 aliphatic heterocycles. The first kappa shape index (κ1) is 13.0.